The predicted molar refractivity (Wildman–Crippen MR) is 80.0 cm³/mol. The van der Waals surface area contributed by atoms with Crippen molar-refractivity contribution in [2.45, 2.75) is 12.6 Å². The number of hydrogen-bond donors (Lipinski definition) is 0. The first kappa shape index (κ1) is 16.2. The number of alkyl halides is 3. The third-order valence-corrected chi connectivity index (χ3v) is 3.59. The summed E-state index contributed by atoms with van der Waals surface area (Å²) in [7, 11) is 0. The monoisotopic (exact) mass is 378 g/mol. The fourth-order valence-corrected chi connectivity index (χ4v) is 2.36. The van der Waals surface area contributed by atoms with Gasteiger partial charge in [-0.25, -0.2) is 0 Å². The maximum absolute atomic E-state index is 12.0. The lowest BCUT2D eigenvalue weighted by molar-refractivity contribution is -0.153. The maximum atomic E-state index is 12.0. The third kappa shape index (κ3) is 5.25. The van der Waals surface area contributed by atoms with Crippen molar-refractivity contribution in [1.82, 2.24) is 0 Å². The summed E-state index contributed by atoms with van der Waals surface area (Å²) in [5.74, 6) is 0.191. The maximum Gasteiger partial charge on any atom is 0.422 e. The first-order valence-corrected chi connectivity index (χ1v) is 7.23. The van der Waals surface area contributed by atoms with Gasteiger partial charge in [0.1, 0.15) is 5.75 Å². The molecule has 0 saturated carbocycles. The molecule has 0 heterocycles. The molecule has 6 heteroatoms. The highest BCUT2D eigenvalue weighted by Crippen LogP contribution is 2.25. The van der Waals surface area contributed by atoms with Gasteiger partial charge in [0.05, 0.1) is 0 Å². The summed E-state index contributed by atoms with van der Waals surface area (Å²) in [5, 5.41) is 0.649. The Morgan fingerprint density at radius 1 is 1.05 bits per heavy atom. The van der Waals surface area contributed by atoms with Crippen LogP contribution in [-0.4, -0.2) is 12.8 Å². The van der Waals surface area contributed by atoms with Gasteiger partial charge < -0.3 is 4.74 Å². The summed E-state index contributed by atoms with van der Waals surface area (Å²) in [4.78, 5) is 0. The average Bonchev–Trinajstić information content (AvgIpc) is 2.41. The van der Waals surface area contributed by atoms with Crippen LogP contribution in [0.5, 0.6) is 5.75 Å². The van der Waals surface area contributed by atoms with E-state index in [9.17, 15) is 13.2 Å². The van der Waals surface area contributed by atoms with Crippen LogP contribution in [0.25, 0.3) is 0 Å². The van der Waals surface area contributed by atoms with Gasteiger partial charge in [0.15, 0.2) is 6.61 Å². The van der Waals surface area contributed by atoms with Gasteiger partial charge in [-0.3, -0.25) is 0 Å². The van der Waals surface area contributed by atoms with E-state index in [1.807, 2.05) is 12.1 Å². The van der Waals surface area contributed by atoms with Crippen LogP contribution in [-0.2, 0) is 6.42 Å². The first-order valence-electron chi connectivity index (χ1n) is 6.06. The topological polar surface area (TPSA) is 9.23 Å². The molecule has 21 heavy (non-hydrogen) atoms. The standard InChI is InChI=1S/C15H11BrClF3O/c16-12-3-6-14(17)11(8-12)7-10-1-4-13(5-2-10)21-9-15(18,19)20/h1-6,8H,7,9H2. The van der Waals surface area contributed by atoms with Gasteiger partial charge >= 0.3 is 6.18 Å². The summed E-state index contributed by atoms with van der Waals surface area (Å²) in [6.45, 7) is -1.29. The van der Waals surface area contributed by atoms with Crippen molar-refractivity contribution in [3.63, 3.8) is 0 Å². The van der Waals surface area contributed by atoms with Gasteiger partial charge in [0.2, 0.25) is 0 Å². The fraction of sp³-hybridized carbons (Fsp3) is 0.200. The van der Waals surface area contributed by atoms with Crippen molar-refractivity contribution in [2.75, 3.05) is 6.61 Å². The minimum Gasteiger partial charge on any atom is -0.484 e. The highest BCUT2D eigenvalue weighted by molar-refractivity contribution is 9.10. The van der Waals surface area contributed by atoms with Crippen molar-refractivity contribution >= 4 is 27.5 Å². The van der Waals surface area contributed by atoms with E-state index >= 15 is 0 Å². The van der Waals surface area contributed by atoms with Crippen molar-refractivity contribution in [3.05, 3.63) is 63.1 Å². The Morgan fingerprint density at radius 2 is 1.71 bits per heavy atom. The van der Waals surface area contributed by atoms with Crippen molar-refractivity contribution in [3.8, 4) is 5.75 Å². The van der Waals surface area contributed by atoms with E-state index in [0.717, 1.165) is 15.6 Å². The molecule has 2 rings (SSSR count). The Bertz CT molecular complexity index is 611. The summed E-state index contributed by atoms with van der Waals surface area (Å²) in [6.07, 6.45) is -3.74. The molecule has 0 atom stereocenters. The lowest BCUT2D eigenvalue weighted by Gasteiger charge is -2.10. The highest BCUT2D eigenvalue weighted by Gasteiger charge is 2.28. The van der Waals surface area contributed by atoms with Gasteiger partial charge in [0, 0.05) is 9.50 Å². The Balaban J connectivity index is 2.04. The van der Waals surface area contributed by atoms with Crippen molar-refractivity contribution in [2.24, 2.45) is 0 Å². The van der Waals surface area contributed by atoms with Crippen molar-refractivity contribution in [1.29, 1.82) is 0 Å². The molecule has 0 unspecified atom stereocenters. The minimum absolute atomic E-state index is 0.191. The largest absolute Gasteiger partial charge is 0.484 e. The van der Waals surface area contributed by atoms with Gasteiger partial charge in [0.25, 0.3) is 0 Å². The van der Waals surface area contributed by atoms with Crippen LogP contribution in [0.15, 0.2) is 46.9 Å². The molecule has 1 nitrogen and oxygen atoms in total. The lowest BCUT2D eigenvalue weighted by atomic mass is 10.1. The molecule has 0 spiro atoms. The Morgan fingerprint density at radius 3 is 2.33 bits per heavy atom. The zero-order valence-corrected chi connectivity index (χ0v) is 13.1. The van der Waals surface area contributed by atoms with E-state index in [1.54, 1.807) is 18.2 Å². The van der Waals surface area contributed by atoms with Crippen LogP contribution in [0.1, 0.15) is 11.1 Å². The number of ether oxygens (including phenoxy) is 1. The Labute approximate surface area is 133 Å². The molecule has 0 N–H and O–H groups in total. The van der Waals surface area contributed by atoms with E-state index in [-0.39, 0.29) is 5.75 Å². The van der Waals surface area contributed by atoms with Crippen LogP contribution in [0.3, 0.4) is 0 Å². The molecule has 0 amide bonds. The van der Waals surface area contributed by atoms with Gasteiger partial charge in [-0.2, -0.15) is 13.2 Å². The van der Waals surface area contributed by atoms with E-state index in [1.165, 1.54) is 12.1 Å². The minimum atomic E-state index is -4.33. The summed E-state index contributed by atoms with van der Waals surface area (Å²) in [6, 6.07) is 12.0. The zero-order chi connectivity index (χ0) is 15.5. The summed E-state index contributed by atoms with van der Waals surface area (Å²) in [5.41, 5.74) is 1.88. The molecule has 0 fully saturated rings. The van der Waals surface area contributed by atoms with Crippen molar-refractivity contribution < 1.29 is 17.9 Å². The van der Waals surface area contributed by atoms with E-state index in [0.29, 0.717) is 11.4 Å². The zero-order valence-electron chi connectivity index (χ0n) is 10.8. The summed E-state index contributed by atoms with van der Waals surface area (Å²) >= 11 is 9.48. The molecular weight excluding hydrogens is 369 g/mol. The van der Waals surface area contributed by atoms with Crippen LogP contribution in [0.4, 0.5) is 13.2 Å². The molecule has 0 aliphatic carbocycles. The predicted octanol–water partition coefficient (Wildman–Crippen LogP) is 5.63. The highest BCUT2D eigenvalue weighted by atomic mass is 79.9. The normalized spacial score (nSPS) is 11.5. The van der Waals surface area contributed by atoms with Gasteiger partial charge in [-0.1, -0.05) is 39.7 Å². The molecule has 112 valence electrons. The second kappa shape index (κ2) is 6.71. The van der Waals surface area contributed by atoms with Crippen LogP contribution < -0.4 is 4.74 Å². The van der Waals surface area contributed by atoms with Gasteiger partial charge in [-0.15, -0.1) is 0 Å². The molecular formula is C15H11BrClF3O. The SMILES string of the molecule is FC(F)(F)COc1ccc(Cc2cc(Br)ccc2Cl)cc1. The average molecular weight is 380 g/mol. The smallest absolute Gasteiger partial charge is 0.422 e. The molecule has 0 aliphatic rings. The number of halogens is 5. The van der Waals surface area contributed by atoms with E-state index < -0.39 is 12.8 Å². The second-order valence-electron chi connectivity index (χ2n) is 4.46. The fourth-order valence-electron chi connectivity index (χ4n) is 1.77. The number of hydrogen-bond acceptors (Lipinski definition) is 1. The molecule has 0 radical (unpaired) electrons. The summed E-state index contributed by atoms with van der Waals surface area (Å²) < 4.78 is 41.7. The van der Waals surface area contributed by atoms with Crippen LogP contribution in [0, 0.1) is 0 Å². The van der Waals surface area contributed by atoms with E-state index in [2.05, 4.69) is 20.7 Å². The molecule has 2 aromatic rings. The first-order chi connectivity index (χ1) is 9.83. The third-order valence-electron chi connectivity index (χ3n) is 2.73. The van der Waals surface area contributed by atoms with Crippen LogP contribution in [0.2, 0.25) is 5.02 Å². The molecule has 0 saturated heterocycles. The second-order valence-corrected chi connectivity index (χ2v) is 5.78. The molecule has 0 aromatic heterocycles. The molecule has 2 aromatic carbocycles. The van der Waals surface area contributed by atoms with Crippen LogP contribution >= 0.6 is 27.5 Å². The van der Waals surface area contributed by atoms with Gasteiger partial charge in [-0.05, 0) is 47.9 Å². The Kier molecular flexibility index (Phi) is 5.17. The number of benzene rings is 2. The van der Waals surface area contributed by atoms with E-state index in [4.69, 9.17) is 11.6 Å². The Hall–Kier alpha value is -1.20. The molecule has 0 bridgehead atoms. The molecule has 0 aliphatic heterocycles. The lowest BCUT2D eigenvalue weighted by Crippen LogP contribution is -2.19. The quantitative estimate of drug-likeness (QED) is 0.668. The number of rotatable bonds is 4.